The van der Waals surface area contributed by atoms with Crippen molar-refractivity contribution in [2.24, 2.45) is 17.1 Å². The van der Waals surface area contributed by atoms with E-state index in [4.69, 9.17) is 10.5 Å². The number of pyridine rings is 1. The topological polar surface area (TPSA) is 193 Å². The lowest BCUT2D eigenvalue weighted by Gasteiger charge is -2.39. The third kappa shape index (κ3) is 8.51. The number of carbonyl (C=O) groups is 5. The van der Waals surface area contributed by atoms with Crippen LogP contribution in [0, 0.1) is 17.2 Å². The second-order valence-electron chi connectivity index (χ2n) is 13.5. The zero-order valence-electron chi connectivity index (χ0n) is 30.1. The minimum Gasteiger partial charge on any atom is -0.477 e. The molecule has 14 nitrogen and oxygen atoms in total. The maximum absolute atomic E-state index is 15.3. The number of ether oxygens (including phenoxy) is 1. The highest BCUT2D eigenvalue weighted by atomic mass is 19.1. The number of amides is 3. The Balaban J connectivity index is 1.14. The molecular formula is C38H47FN6O8. The highest BCUT2D eigenvalue weighted by molar-refractivity contribution is 6.08. The first-order valence-corrected chi connectivity index (χ1v) is 18.1. The van der Waals surface area contributed by atoms with Gasteiger partial charge in [-0.1, -0.05) is 18.6 Å². The van der Waals surface area contributed by atoms with Gasteiger partial charge < -0.3 is 40.6 Å². The smallest absolute Gasteiger partial charge is 0.410 e. The van der Waals surface area contributed by atoms with Gasteiger partial charge in [0.15, 0.2) is 0 Å². The molecule has 1 aromatic heterocycles. The number of aromatic nitrogens is 1. The molecule has 0 radical (unpaired) electrons. The number of nitrogens with one attached hydrogen (secondary N) is 2. The summed E-state index contributed by atoms with van der Waals surface area (Å²) in [5.41, 5.74) is 5.33. The molecule has 53 heavy (non-hydrogen) atoms. The molecule has 3 amide bonds. The molecule has 2 fully saturated rings. The number of anilines is 2. The van der Waals surface area contributed by atoms with E-state index in [2.05, 4.69) is 10.6 Å². The number of halogens is 1. The van der Waals surface area contributed by atoms with Gasteiger partial charge in [-0.05, 0) is 75.9 Å². The Morgan fingerprint density at radius 2 is 1.74 bits per heavy atom. The van der Waals surface area contributed by atoms with E-state index in [1.54, 1.807) is 53.6 Å². The molecule has 2 aliphatic rings. The van der Waals surface area contributed by atoms with Crippen LogP contribution in [-0.2, 0) is 32.3 Å². The quantitative estimate of drug-likeness (QED) is 0.167. The molecule has 2 heterocycles. The summed E-state index contributed by atoms with van der Waals surface area (Å²) in [5, 5.41) is 15.0. The third-order valence-electron chi connectivity index (χ3n) is 10.3. The van der Waals surface area contributed by atoms with E-state index in [-0.39, 0.29) is 54.8 Å². The second-order valence-corrected chi connectivity index (χ2v) is 13.5. The van der Waals surface area contributed by atoms with Crippen LogP contribution in [0.5, 0.6) is 0 Å². The van der Waals surface area contributed by atoms with Crippen LogP contribution in [0.4, 0.5) is 20.6 Å². The van der Waals surface area contributed by atoms with Crippen molar-refractivity contribution >= 4 is 51.9 Å². The van der Waals surface area contributed by atoms with Crippen molar-refractivity contribution < 1.29 is 38.2 Å². The van der Waals surface area contributed by atoms with Crippen LogP contribution in [-0.4, -0.2) is 83.5 Å². The first-order valence-electron chi connectivity index (χ1n) is 18.1. The van der Waals surface area contributed by atoms with Crippen molar-refractivity contribution in [1.29, 1.82) is 0 Å². The van der Waals surface area contributed by atoms with Crippen LogP contribution in [0.3, 0.4) is 0 Å². The van der Waals surface area contributed by atoms with Crippen LogP contribution in [0.1, 0.15) is 68.3 Å². The van der Waals surface area contributed by atoms with Crippen LogP contribution in [0.25, 0.3) is 10.9 Å². The Morgan fingerprint density at radius 1 is 1.04 bits per heavy atom. The Hall–Kier alpha value is -5.31. The van der Waals surface area contributed by atoms with E-state index >= 15 is 4.39 Å². The van der Waals surface area contributed by atoms with Gasteiger partial charge in [-0.15, -0.1) is 0 Å². The summed E-state index contributed by atoms with van der Waals surface area (Å²) in [6.07, 6.45) is 3.41. The summed E-state index contributed by atoms with van der Waals surface area (Å²) in [7, 11) is 0. The monoisotopic (exact) mass is 734 g/mol. The number of piperazine rings is 1. The van der Waals surface area contributed by atoms with E-state index in [0.717, 1.165) is 12.5 Å². The normalized spacial score (nSPS) is 15.7. The number of ketones is 1. The zero-order chi connectivity index (χ0) is 38.3. The van der Waals surface area contributed by atoms with Gasteiger partial charge in [0.05, 0.1) is 11.2 Å². The molecule has 2 aromatic carbocycles. The lowest BCUT2D eigenvalue weighted by atomic mass is 9.63. The molecule has 1 saturated heterocycles. The van der Waals surface area contributed by atoms with Crippen LogP contribution in [0.15, 0.2) is 47.4 Å². The number of nitrogens with two attached hydrogens (primary N) is 1. The van der Waals surface area contributed by atoms with Crippen molar-refractivity contribution in [3.63, 3.8) is 0 Å². The number of carboxylic acid groups (broad SMARTS) is 1. The maximum atomic E-state index is 15.3. The van der Waals surface area contributed by atoms with Gasteiger partial charge in [0.25, 0.3) is 0 Å². The Bertz CT molecular complexity index is 1920. The number of fused-ring (bicyclic) bond motifs is 1. The number of rotatable bonds is 15. The highest BCUT2D eigenvalue weighted by Crippen LogP contribution is 2.44. The number of aryl methyl sites for hydroxylation is 1. The van der Waals surface area contributed by atoms with Crippen LogP contribution < -0.4 is 26.7 Å². The standard InChI is InChI=1S/C38H47FN6O8/c1-3-41-36(51)38(12-6-13-38)32(46)19-25(7-5-14-40)34(48)42-26-10-8-24(9-11-26)23-53-37(52)45-17-15-44(16-18-45)31-21-30-27(20-29(31)39)33(47)28(35(49)50)22-43(30)4-2/h8-11,20-22,25H,3-7,12-19,23,40H2,1-2H3,(H,41,51)(H,42,48)(H,49,50)/t25-/m1/s1. The third-order valence-corrected chi connectivity index (χ3v) is 10.3. The summed E-state index contributed by atoms with van der Waals surface area (Å²) in [4.78, 5) is 79.7. The van der Waals surface area contributed by atoms with Gasteiger partial charge in [-0.2, -0.15) is 0 Å². The molecule has 1 aliphatic carbocycles. The average Bonchev–Trinajstić information content (AvgIpc) is 3.12. The Labute approximate surface area is 306 Å². The molecule has 284 valence electrons. The van der Waals surface area contributed by atoms with E-state index in [9.17, 15) is 33.9 Å². The van der Waals surface area contributed by atoms with Crippen molar-refractivity contribution in [3.05, 3.63) is 69.8 Å². The number of Topliss-reactive ketones (excluding diaryl/α,β-unsaturated/α-hetero) is 1. The number of aromatic carboxylic acids is 1. The average molecular weight is 735 g/mol. The van der Waals surface area contributed by atoms with Gasteiger partial charge in [-0.25, -0.2) is 14.0 Å². The zero-order valence-corrected chi connectivity index (χ0v) is 30.1. The molecule has 5 rings (SSSR count). The summed E-state index contributed by atoms with van der Waals surface area (Å²) in [5.74, 6) is -3.48. The van der Waals surface area contributed by atoms with Crippen molar-refractivity contribution in [1.82, 2.24) is 14.8 Å². The maximum Gasteiger partial charge on any atom is 0.410 e. The summed E-state index contributed by atoms with van der Waals surface area (Å²) in [6.45, 7) is 5.89. The van der Waals surface area contributed by atoms with Gasteiger partial charge in [0.2, 0.25) is 17.2 Å². The predicted octanol–water partition coefficient (Wildman–Crippen LogP) is 3.88. The molecule has 1 aliphatic heterocycles. The molecule has 0 bridgehead atoms. The number of hydrogen-bond donors (Lipinski definition) is 4. The first kappa shape index (κ1) is 38.9. The molecule has 0 spiro atoms. The molecule has 5 N–H and O–H groups in total. The number of hydrogen-bond acceptors (Lipinski definition) is 9. The minimum atomic E-state index is -1.38. The number of carboxylic acids is 1. The fourth-order valence-electron chi connectivity index (χ4n) is 6.95. The lowest BCUT2D eigenvalue weighted by molar-refractivity contribution is -0.149. The summed E-state index contributed by atoms with van der Waals surface area (Å²) in [6, 6.07) is 9.42. The second kappa shape index (κ2) is 17.0. The van der Waals surface area contributed by atoms with E-state index in [1.807, 2.05) is 0 Å². The van der Waals surface area contributed by atoms with Crippen LogP contribution in [0.2, 0.25) is 0 Å². The largest absolute Gasteiger partial charge is 0.477 e. The van der Waals surface area contributed by atoms with Crippen LogP contribution >= 0.6 is 0 Å². The molecular weight excluding hydrogens is 687 g/mol. The Morgan fingerprint density at radius 3 is 2.32 bits per heavy atom. The first-order chi connectivity index (χ1) is 25.4. The Kier molecular flexibility index (Phi) is 12.5. The van der Waals surface area contributed by atoms with E-state index in [1.165, 1.54) is 11.1 Å². The highest BCUT2D eigenvalue weighted by Gasteiger charge is 2.50. The lowest BCUT2D eigenvalue weighted by Crippen LogP contribution is -2.51. The van der Waals surface area contributed by atoms with Gasteiger partial charge >= 0.3 is 12.1 Å². The molecule has 1 atom stereocenters. The molecule has 1 saturated carbocycles. The summed E-state index contributed by atoms with van der Waals surface area (Å²) >= 11 is 0. The number of benzene rings is 2. The van der Waals surface area contributed by atoms with Crippen molar-refractivity contribution in [3.8, 4) is 0 Å². The van der Waals surface area contributed by atoms with Gasteiger partial charge in [0, 0.05) is 68.9 Å². The van der Waals surface area contributed by atoms with Crippen molar-refractivity contribution in [2.45, 2.75) is 65.5 Å². The SMILES string of the molecule is CCNC(=O)C1(C(=O)C[C@@H](CCCN)C(=O)Nc2ccc(COC(=O)N3CCN(c4cc5c(cc4F)c(=O)c(C(=O)O)cn5CC)CC3)cc2)CCC1. The van der Waals surface area contributed by atoms with E-state index < -0.39 is 40.2 Å². The minimum absolute atomic E-state index is 0.0135. The number of nitrogens with zero attached hydrogens (tertiary/aromatic N) is 3. The van der Waals surface area contributed by atoms with Gasteiger partial charge in [0.1, 0.15) is 29.2 Å². The van der Waals surface area contributed by atoms with Crippen molar-refractivity contribution in [2.75, 3.05) is 49.5 Å². The molecule has 3 aromatic rings. The van der Waals surface area contributed by atoms with Gasteiger partial charge in [-0.3, -0.25) is 19.2 Å². The summed E-state index contributed by atoms with van der Waals surface area (Å²) < 4.78 is 22.4. The predicted molar refractivity (Wildman–Crippen MR) is 196 cm³/mol. The fourth-order valence-corrected chi connectivity index (χ4v) is 6.95. The molecule has 15 heteroatoms. The fraction of sp³-hybridized carbons (Fsp3) is 0.474. The van der Waals surface area contributed by atoms with E-state index in [0.29, 0.717) is 75.2 Å². The molecule has 0 unspecified atom stereocenters. The number of carbonyl (C=O) groups excluding carboxylic acids is 4.